The van der Waals surface area contributed by atoms with Gasteiger partial charge in [-0.3, -0.25) is 9.59 Å². The molecule has 0 spiro atoms. The molecule has 2 rings (SSSR count). The average molecular weight is 322 g/mol. The summed E-state index contributed by atoms with van der Waals surface area (Å²) in [5.41, 5.74) is 4.77. The monoisotopic (exact) mass is 322 g/mol. The summed E-state index contributed by atoms with van der Waals surface area (Å²) in [5.74, 6) is -2.13. The molecule has 0 saturated heterocycles. The summed E-state index contributed by atoms with van der Waals surface area (Å²) in [6.07, 6.45) is 5.94. The number of esters is 1. The number of aromatic amines is 1. The van der Waals surface area contributed by atoms with Crippen LogP contribution in [0.5, 0.6) is 5.75 Å². The molecule has 0 aromatic carbocycles. The molecule has 1 aliphatic rings. The van der Waals surface area contributed by atoms with Crippen molar-refractivity contribution in [2.45, 2.75) is 44.4 Å². The molecule has 126 valence electrons. The highest BCUT2D eigenvalue weighted by Crippen LogP contribution is 2.40. The summed E-state index contributed by atoms with van der Waals surface area (Å²) in [4.78, 5) is 37.9. The highest BCUT2D eigenvalue weighted by Gasteiger charge is 2.32. The molecular weight excluding hydrogens is 300 g/mol. The molecule has 1 aromatic heterocycles. The standard InChI is InChI=1S/C16H22N2O5/c1-23-16(22)11-8-18-15(21)13(14(11)20)10(7-12(17)19)9-5-3-2-4-6-9/h8-10H,2-7H2,1H3,(H2,17,19)(H2,18,20,21)/t10-/m0/s1. The molecule has 1 fully saturated rings. The van der Waals surface area contributed by atoms with Crippen LogP contribution in [0.25, 0.3) is 0 Å². The lowest BCUT2D eigenvalue weighted by atomic mass is 9.75. The molecule has 1 saturated carbocycles. The zero-order valence-electron chi connectivity index (χ0n) is 13.1. The normalized spacial score (nSPS) is 16.7. The minimum Gasteiger partial charge on any atom is -0.506 e. The third-order valence-corrected chi connectivity index (χ3v) is 4.52. The third-order valence-electron chi connectivity index (χ3n) is 4.52. The van der Waals surface area contributed by atoms with Gasteiger partial charge in [-0.15, -0.1) is 0 Å². The second-order valence-corrected chi connectivity index (χ2v) is 5.96. The fourth-order valence-corrected chi connectivity index (χ4v) is 3.40. The third kappa shape index (κ3) is 3.72. The van der Waals surface area contributed by atoms with Crippen LogP contribution in [0.3, 0.4) is 0 Å². The number of pyridine rings is 1. The van der Waals surface area contributed by atoms with Crippen molar-refractivity contribution in [1.29, 1.82) is 0 Å². The van der Waals surface area contributed by atoms with E-state index in [2.05, 4.69) is 9.72 Å². The molecule has 1 aliphatic carbocycles. The topological polar surface area (TPSA) is 122 Å². The van der Waals surface area contributed by atoms with Gasteiger partial charge in [0.25, 0.3) is 5.56 Å². The molecule has 0 aliphatic heterocycles. The van der Waals surface area contributed by atoms with Crippen LogP contribution < -0.4 is 11.3 Å². The number of hydrogen-bond acceptors (Lipinski definition) is 5. The van der Waals surface area contributed by atoms with E-state index in [1.165, 1.54) is 7.11 Å². The van der Waals surface area contributed by atoms with Crippen LogP contribution in [0.15, 0.2) is 11.0 Å². The van der Waals surface area contributed by atoms with E-state index in [0.29, 0.717) is 0 Å². The first kappa shape index (κ1) is 17.1. The summed E-state index contributed by atoms with van der Waals surface area (Å²) in [6, 6.07) is 0. The van der Waals surface area contributed by atoms with Crippen molar-refractivity contribution in [3.8, 4) is 5.75 Å². The Kier molecular flexibility index (Phi) is 5.41. The van der Waals surface area contributed by atoms with E-state index in [4.69, 9.17) is 5.73 Å². The molecule has 1 atom stereocenters. The van der Waals surface area contributed by atoms with Crippen LogP contribution in [-0.2, 0) is 9.53 Å². The van der Waals surface area contributed by atoms with Crippen LogP contribution in [0.1, 0.15) is 60.4 Å². The zero-order valence-corrected chi connectivity index (χ0v) is 13.1. The van der Waals surface area contributed by atoms with E-state index in [0.717, 1.165) is 38.3 Å². The molecule has 1 amide bonds. The molecule has 23 heavy (non-hydrogen) atoms. The fourth-order valence-electron chi connectivity index (χ4n) is 3.40. The molecule has 4 N–H and O–H groups in total. The molecule has 7 heteroatoms. The van der Waals surface area contributed by atoms with E-state index in [-0.39, 0.29) is 23.5 Å². The van der Waals surface area contributed by atoms with E-state index in [1.807, 2.05) is 0 Å². The smallest absolute Gasteiger partial charge is 0.343 e. The lowest BCUT2D eigenvalue weighted by Gasteiger charge is -2.30. The summed E-state index contributed by atoms with van der Waals surface area (Å²) in [5, 5.41) is 10.4. The van der Waals surface area contributed by atoms with Crippen molar-refractivity contribution in [2.24, 2.45) is 11.7 Å². The van der Waals surface area contributed by atoms with Gasteiger partial charge in [0.15, 0.2) is 0 Å². The van der Waals surface area contributed by atoms with Crippen molar-refractivity contribution in [3.05, 3.63) is 27.7 Å². The number of H-pyrrole nitrogens is 1. The second-order valence-electron chi connectivity index (χ2n) is 5.96. The highest BCUT2D eigenvalue weighted by molar-refractivity contribution is 5.92. The molecule has 0 bridgehead atoms. The number of ether oxygens (including phenoxy) is 1. The lowest BCUT2D eigenvalue weighted by Crippen LogP contribution is -2.28. The Hall–Kier alpha value is -2.31. The first-order valence-electron chi connectivity index (χ1n) is 7.76. The number of hydrogen-bond donors (Lipinski definition) is 3. The number of carbonyl (C=O) groups is 2. The van der Waals surface area contributed by atoms with Crippen molar-refractivity contribution < 1.29 is 19.4 Å². The number of carbonyl (C=O) groups excluding carboxylic acids is 2. The van der Waals surface area contributed by atoms with Crippen molar-refractivity contribution >= 4 is 11.9 Å². The van der Waals surface area contributed by atoms with Crippen LogP contribution in [0.2, 0.25) is 0 Å². The Labute approximate surface area is 133 Å². The fraction of sp³-hybridized carbons (Fsp3) is 0.562. The van der Waals surface area contributed by atoms with Gasteiger partial charge in [0.05, 0.1) is 12.7 Å². The van der Waals surface area contributed by atoms with Gasteiger partial charge in [0.1, 0.15) is 11.3 Å². The Morgan fingerprint density at radius 3 is 2.61 bits per heavy atom. The number of aromatic nitrogens is 1. The number of amides is 1. The number of methoxy groups -OCH3 is 1. The van der Waals surface area contributed by atoms with Crippen LogP contribution in [0, 0.1) is 5.92 Å². The van der Waals surface area contributed by atoms with Gasteiger partial charge < -0.3 is 20.6 Å². The van der Waals surface area contributed by atoms with Gasteiger partial charge in [-0.25, -0.2) is 4.79 Å². The van der Waals surface area contributed by atoms with Crippen LogP contribution in [0.4, 0.5) is 0 Å². The molecule has 7 nitrogen and oxygen atoms in total. The Morgan fingerprint density at radius 1 is 1.39 bits per heavy atom. The van der Waals surface area contributed by atoms with Gasteiger partial charge in [0, 0.05) is 18.5 Å². The molecule has 1 aromatic rings. The number of nitrogens with two attached hydrogens (primary N) is 1. The maximum Gasteiger partial charge on any atom is 0.343 e. The summed E-state index contributed by atoms with van der Waals surface area (Å²) in [7, 11) is 1.19. The predicted molar refractivity (Wildman–Crippen MR) is 83.2 cm³/mol. The number of nitrogens with one attached hydrogen (secondary N) is 1. The number of rotatable bonds is 5. The first-order chi connectivity index (χ1) is 11.0. The highest BCUT2D eigenvalue weighted by atomic mass is 16.5. The largest absolute Gasteiger partial charge is 0.506 e. The van der Waals surface area contributed by atoms with Gasteiger partial charge in [-0.2, -0.15) is 0 Å². The van der Waals surface area contributed by atoms with Crippen molar-refractivity contribution in [2.75, 3.05) is 7.11 Å². The quantitative estimate of drug-likeness (QED) is 0.707. The van der Waals surface area contributed by atoms with Gasteiger partial charge in [-0.1, -0.05) is 19.3 Å². The SMILES string of the molecule is COC(=O)c1c[nH]c(=O)c([C@@H](CC(N)=O)C2CCCCC2)c1O. The summed E-state index contributed by atoms with van der Waals surface area (Å²) in [6.45, 7) is 0. The Morgan fingerprint density at radius 2 is 2.04 bits per heavy atom. The first-order valence-corrected chi connectivity index (χ1v) is 7.76. The van der Waals surface area contributed by atoms with E-state index in [1.54, 1.807) is 0 Å². The maximum absolute atomic E-state index is 12.2. The van der Waals surface area contributed by atoms with Crippen molar-refractivity contribution in [1.82, 2.24) is 4.98 Å². The van der Waals surface area contributed by atoms with Gasteiger partial charge in [-0.05, 0) is 18.8 Å². The van der Waals surface area contributed by atoms with Gasteiger partial charge in [0.2, 0.25) is 5.91 Å². The zero-order chi connectivity index (χ0) is 17.0. The minimum atomic E-state index is -0.749. The maximum atomic E-state index is 12.2. The van der Waals surface area contributed by atoms with E-state index in [9.17, 15) is 19.5 Å². The minimum absolute atomic E-state index is 0.0358. The summed E-state index contributed by atoms with van der Waals surface area (Å²) >= 11 is 0. The van der Waals surface area contributed by atoms with Gasteiger partial charge >= 0.3 is 5.97 Å². The lowest BCUT2D eigenvalue weighted by molar-refractivity contribution is -0.118. The molecule has 1 heterocycles. The molecule has 0 radical (unpaired) electrons. The van der Waals surface area contributed by atoms with E-state index < -0.39 is 29.1 Å². The van der Waals surface area contributed by atoms with Crippen molar-refractivity contribution in [3.63, 3.8) is 0 Å². The van der Waals surface area contributed by atoms with Crippen LogP contribution >= 0.6 is 0 Å². The van der Waals surface area contributed by atoms with E-state index >= 15 is 0 Å². The van der Waals surface area contributed by atoms with Crippen LogP contribution in [-0.4, -0.2) is 29.1 Å². The summed E-state index contributed by atoms with van der Waals surface area (Å²) < 4.78 is 4.61. The number of primary amides is 1. The molecular formula is C16H22N2O5. The Bertz CT molecular complexity index is 646. The number of aromatic hydroxyl groups is 1. The Balaban J connectivity index is 2.50. The average Bonchev–Trinajstić information content (AvgIpc) is 2.54. The molecule has 0 unspecified atom stereocenters. The second kappa shape index (κ2) is 7.30. The predicted octanol–water partition coefficient (Wildman–Crippen LogP) is 1.41.